The van der Waals surface area contributed by atoms with Crippen molar-refractivity contribution in [3.8, 4) is 16.3 Å². The van der Waals surface area contributed by atoms with Gasteiger partial charge in [-0.15, -0.1) is 11.3 Å². The number of aldehydes is 1. The molecular weight excluding hydrogens is 302 g/mol. The molecule has 1 heterocycles. The van der Waals surface area contributed by atoms with Crippen molar-refractivity contribution in [1.82, 2.24) is 4.98 Å². The van der Waals surface area contributed by atoms with Gasteiger partial charge in [-0.1, -0.05) is 6.92 Å². The van der Waals surface area contributed by atoms with Crippen LogP contribution >= 0.6 is 11.3 Å². The Morgan fingerprint density at radius 1 is 1.50 bits per heavy atom. The molecule has 0 aliphatic carbocycles. The molecule has 1 atom stereocenters. The van der Waals surface area contributed by atoms with Crippen molar-refractivity contribution in [1.29, 1.82) is 0 Å². The lowest BCUT2D eigenvalue weighted by Gasteiger charge is -2.14. The summed E-state index contributed by atoms with van der Waals surface area (Å²) < 4.78 is 5.70. The molecule has 1 N–H and O–H groups in total. The van der Waals surface area contributed by atoms with Gasteiger partial charge in [0.25, 0.3) is 0 Å². The Balaban J connectivity index is 2.39. The Labute approximate surface area is 132 Å². The van der Waals surface area contributed by atoms with E-state index in [1.54, 1.807) is 25.1 Å². The van der Waals surface area contributed by atoms with E-state index in [1.165, 1.54) is 0 Å². The Morgan fingerprint density at radius 3 is 2.77 bits per heavy atom. The number of thiazole rings is 1. The fraction of sp³-hybridized carbons (Fsp3) is 0.312. The van der Waals surface area contributed by atoms with Gasteiger partial charge in [0.2, 0.25) is 0 Å². The second-order valence-electron chi connectivity index (χ2n) is 4.95. The number of carbonyl (C=O) groups excluding carboxylic acids is 1. The molecule has 2 rings (SSSR count). The SMILES string of the molecule is CCC(C)Oc1ccc(-c2nc(C)c(C(=O)O)s2)cc1C=O. The van der Waals surface area contributed by atoms with Crippen LogP contribution in [-0.2, 0) is 0 Å². The lowest BCUT2D eigenvalue weighted by Crippen LogP contribution is -2.11. The normalized spacial score (nSPS) is 12.0. The van der Waals surface area contributed by atoms with Gasteiger partial charge in [-0.25, -0.2) is 9.78 Å². The van der Waals surface area contributed by atoms with E-state index < -0.39 is 5.97 Å². The largest absolute Gasteiger partial charge is 0.490 e. The smallest absolute Gasteiger partial charge is 0.347 e. The zero-order chi connectivity index (χ0) is 16.3. The number of hydrogen-bond donors (Lipinski definition) is 1. The van der Waals surface area contributed by atoms with Crippen LogP contribution in [0.2, 0.25) is 0 Å². The summed E-state index contributed by atoms with van der Waals surface area (Å²) in [5.41, 5.74) is 1.61. The third-order valence-corrected chi connectivity index (χ3v) is 4.47. The number of carboxylic acids is 1. The van der Waals surface area contributed by atoms with Crippen molar-refractivity contribution in [2.24, 2.45) is 0 Å². The zero-order valence-electron chi connectivity index (χ0n) is 12.6. The monoisotopic (exact) mass is 319 g/mol. The van der Waals surface area contributed by atoms with E-state index in [4.69, 9.17) is 9.84 Å². The molecule has 22 heavy (non-hydrogen) atoms. The minimum Gasteiger partial charge on any atom is -0.490 e. The number of hydrogen-bond acceptors (Lipinski definition) is 5. The van der Waals surface area contributed by atoms with E-state index in [0.717, 1.165) is 24.0 Å². The van der Waals surface area contributed by atoms with Crippen LogP contribution in [0.3, 0.4) is 0 Å². The molecule has 6 heteroatoms. The molecule has 0 radical (unpaired) electrons. The van der Waals surface area contributed by atoms with Crippen LogP contribution in [0.1, 0.15) is 46.0 Å². The summed E-state index contributed by atoms with van der Waals surface area (Å²) in [5, 5.41) is 9.67. The summed E-state index contributed by atoms with van der Waals surface area (Å²) in [7, 11) is 0. The highest BCUT2D eigenvalue weighted by Crippen LogP contribution is 2.31. The molecule has 5 nitrogen and oxygen atoms in total. The quantitative estimate of drug-likeness (QED) is 0.819. The maximum Gasteiger partial charge on any atom is 0.347 e. The standard InChI is InChI=1S/C16H17NO4S/c1-4-9(2)21-13-6-5-11(7-12(13)8-18)15-17-10(3)14(22-15)16(19)20/h5-9H,4H2,1-3H3,(H,19,20). The van der Waals surface area contributed by atoms with Gasteiger partial charge in [0.1, 0.15) is 15.6 Å². The second kappa shape index (κ2) is 6.70. The molecular formula is C16H17NO4S. The van der Waals surface area contributed by atoms with Crippen LogP contribution in [0, 0.1) is 6.92 Å². The third kappa shape index (κ3) is 3.33. The Morgan fingerprint density at radius 2 is 2.23 bits per heavy atom. The van der Waals surface area contributed by atoms with Crippen LogP contribution in [-0.4, -0.2) is 28.4 Å². The number of carbonyl (C=O) groups is 2. The fourth-order valence-corrected chi connectivity index (χ4v) is 2.80. The first-order valence-corrected chi connectivity index (χ1v) is 7.74. The maximum atomic E-state index is 11.3. The molecule has 0 fully saturated rings. The van der Waals surface area contributed by atoms with E-state index in [-0.39, 0.29) is 11.0 Å². The highest BCUT2D eigenvalue weighted by molar-refractivity contribution is 7.17. The van der Waals surface area contributed by atoms with Crippen molar-refractivity contribution >= 4 is 23.6 Å². The Kier molecular flexibility index (Phi) is 4.92. The summed E-state index contributed by atoms with van der Waals surface area (Å²) in [6.07, 6.45) is 1.60. The van der Waals surface area contributed by atoms with Gasteiger partial charge in [0, 0.05) is 5.56 Å². The van der Waals surface area contributed by atoms with Gasteiger partial charge in [-0.2, -0.15) is 0 Å². The lowest BCUT2D eigenvalue weighted by atomic mass is 10.1. The van der Waals surface area contributed by atoms with Crippen LogP contribution < -0.4 is 4.74 Å². The van der Waals surface area contributed by atoms with E-state index in [2.05, 4.69) is 4.98 Å². The van der Waals surface area contributed by atoms with Crippen molar-refractivity contribution in [2.45, 2.75) is 33.3 Å². The molecule has 116 valence electrons. The molecule has 0 saturated heterocycles. The van der Waals surface area contributed by atoms with Crippen LogP contribution in [0.25, 0.3) is 10.6 Å². The van der Waals surface area contributed by atoms with Gasteiger partial charge >= 0.3 is 5.97 Å². The molecule has 2 aromatic rings. The molecule has 0 spiro atoms. The summed E-state index contributed by atoms with van der Waals surface area (Å²) in [5.74, 6) is -0.464. The van der Waals surface area contributed by atoms with Gasteiger partial charge in [-0.05, 0) is 38.5 Å². The molecule has 0 saturated carbocycles. The number of benzene rings is 1. The molecule has 1 aromatic heterocycles. The summed E-state index contributed by atoms with van der Waals surface area (Å²) >= 11 is 1.10. The minimum absolute atomic E-state index is 0.0188. The first-order valence-electron chi connectivity index (χ1n) is 6.93. The topological polar surface area (TPSA) is 76.5 Å². The molecule has 1 unspecified atom stereocenters. The van der Waals surface area contributed by atoms with Crippen molar-refractivity contribution in [3.63, 3.8) is 0 Å². The van der Waals surface area contributed by atoms with E-state index in [0.29, 0.717) is 27.6 Å². The van der Waals surface area contributed by atoms with Crippen molar-refractivity contribution in [3.05, 3.63) is 34.3 Å². The first kappa shape index (κ1) is 16.2. The van der Waals surface area contributed by atoms with E-state index in [9.17, 15) is 9.59 Å². The average Bonchev–Trinajstić information content (AvgIpc) is 2.89. The molecule has 0 amide bonds. The van der Waals surface area contributed by atoms with Crippen molar-refractivity contribution in [2.75, 3.05) is 0 Å². The number of aryl methyl sites for hydroxylation is 1. The van der Waals surface area contributed by atoms with Crippen LogP contribution in [0.15, 0.2) is 18.2 Å². The highest BCUT2D eigenvalue weighted by Gasteiger charge is 2.16. The second-order valence-corrected chi connectivity index (χ2v) is 5.94. The van der Waals surface area contributed by atoms with Crippen LogP contribution in [0.4, 0.5) is 0 Å². The van der Waals surface area contributed by atoms with Gasteiger partial charge in [0.15, 0.2) is 6.29 Å². The third-order valence-electron chi connectivity index (χ3n) is 3.28. The van der Waals surface area contributed by atoms with Gasteiger partial charge < -0.3 is 9.84 Å². The molecule has 1 aromatic carbocycles. The predicted octanol–water partition coefficient (Wildman–Crippen LogP) is 3.81. The number of aromatic nitrogens is 1. The summed E-state index contributed by atoms with van der Waals surface area (Å²) in [6, 6.07) is 5.19. The maximum absolute atomic E-state index is 11.3. The Hall–Kier alpha value is -2.21. The number of ether oxygens (including phenoxy) is 1. The summed E-state index contributed by atoms with van der Waals surface area (Å²) in [6.45, 7) is 5.60. The molecule has 0 aliphatic rings. The molecule has 0 aliphatic heterocycles. The van der Waals surface area contributed by atoms with Crippen LogP contribution in [0.5, 0.6) is 5.75 Å². The number of nitrogens with zero attached hydrogens (tertiary/aromatic N) is 1. The summed E-state index contributed by atoms with van der Waals surface area (Å²) in [4.78, 5) is 26.8. The van der Waals surface area contributed by atoms with Gasteiger partial charge in [0.05, 0.1) is 17.4 Å². The number of rotatable bonds is 6. The zero-order valence-corrected chi connectivity index (χ0v) is 13.4. The predicted molar refractivity (Wildman–Crippen MR) is 85.0 cm³/mol. The molecule has 0 bridgehead atoms. The lowest BCUT2D eigenvalue weighted by molar-refractivity contribution is 0.0701. The minimum atomic E-state index is -0.992. The highest BCUT2D eigenvalue weighted by atomic mass is 32.1. The number of carboxylic acid groups (broad SMARTS) is 1. The number of aromatic carboxylic acids is 1. The van der Waals surface area contributed by atoms with E-state index >= 15 is 0 Å². The fourth-order valence-electron chi connectivity index (χ4n) is 1.90. The van der Waals surface area contributed by atoms with Gasteiger partial charge in [-0.3, -0.25) is 4.79 Å². The average molecular weight is 319 g/mol. The Bertz CT molecular complexity index is 708. The van der Waals surface area contributed by atoms with Crippen molar-refractivity contribution < 1.29 is 19.4 Å². The first-order chi connectivity index (χ1) is 10.5. The van der Waals surface area contributed by atoms with E-state index in [1.807, 2.05) is 13.8 Å².